The minimum Gasteiger partial charge on any atom is -0.378 e. The molecule has 0 atom stereocenters. The van der Waals surface area contributed by atoms with Crippen molar-refractivity contribution in [1.82, 2.24) is 9.55 Å². The van der Waals surface area contributed by atoms with Gasteiger partial charge in [-0.25, -0.2) is 4.98 Å². The molecule has 8 heteroatoms. The molecule has 1 N–H and O–H groups in total. The average molecular weight is 439 g/mol. The summed E-state index contributed by atoms with van der Waals surface area (Å²) < 4.78 is 6.82. The summed E-state index contributed by atoms with van der Waals surface area (Å²) in [7, 11) is 0. The summed E-state index contributed by atoms with van der Waals surface area (Å²) in [5.74, 6) is -0.233. The number of anilines is 2. The van der Waals surface area contributed by atoms with Crippen LogP contribution in [0.2, 0.25) is 0 Å². The molecule has 3 heterocycles. The van der Waals surface area contributed by atoms with Gasteiger partial charge in [0.2, 0.25) is 5.91 Å². The maximum atomic E-state index is 13.1. The van der Waals surface area contributed by atoms with E-state index in [0.717, 1.165) is 61.6 Å². The van der Waals surface area contributed by atoms with Crippen molar-refractivity contribution < 1.29 is 9.53 Å². The molecule has 2 aliphatic rings. The summed E-state index contributed by atoms with van der Waals surface area (Å²) in [6.45, 7) is 3.17. The summed E-state index contributed by atoms with van der Waals surface area (Å²) in [4.78, 5) is 34.6. The van der Waals surface area contributed by atoms with E-state index in [1.54, 1.807) is 11.3 Å². The lowest BCUT2D eigenvalue weighted by molar-refractivity contribution is -0.116. The first-order valence-electron chi connectivity index (χ1n) is 10.9. The largest absolute Gasteiger partial charge is 0.378 e. The number of nitrogens with one attached hydrogen (secondary N) is 1. The second-order valence-electron chi connectivity index (χ2n) is 8.12. The summed E-state index contributed by atoms with van der Waals surface area (Å²) in [6.07, 6.45) is 6.93. The van der Waals surface area contributed by atoms with E-state index in [1.165, 1.54) is 28.6 Å². The molecule has 1 amide bonds. The Morgan fingerprint density at radius 1 is 1.10 bits per heavy atom. The van der Waals surface area contributed by atoms with Crippen LogP contribution >= 0.6 is 11.3 Å². The number of rotatable bonds is 4. The normalized spacial score (nSPS) is 16.7. The number of fused-ring (bicyclic) bond motifs is 3. The second-order valence-corrected chi connectivity index (χ2v) is 9.20. The Balaban J connectivity index is 1.30. The topological polar surface area (TPSA) is 76.5 Å². The molecule has 0 unspecified atom stereocenters. The number of hydrogen-bond donors (Lipinski definition) is 1. The zero-order chi connectivity index (χ0) is 21.2. The molecule has 0 saturated carbocycles. The fourth-order valence-corrected chi connectivity index (χ4v) is 5.62. The fourth-order valence-electron chi connectivity index (χ4n) is 4.40. The van der Waals surface area contributed by atoms with Crippen molar-refractivity contribution >= 4 is 38.8 Å². The molecule has 3 aromatic rings. The van der Waals surface area contributed by atoms with E-state index in [2.05, 4.69) is 15.2 Å². The number of ether oxygens (including phenoxy) is 1. The molecule has 1 aromatic carbocycles. The van der Waals surface area contributed by atoms with Gasteiger partial charge in [0.05, 0.1) is 24.9 Å². The van der Waals surface area contributed by atoms with Crippen LogP contribution in [-0.4, -0.2) is 41.8 Å². The lowest BCUT2D eigenvalue weighted by atomic mass is 10.1. The number of carbonyl (C=O) groups excluding carboxylic acids is 1. The second kappa shape index (κ2) is 8.80. The summed E-state index contributed by atoms with van der Waals surface area (Å²) in [5.41, 5.74) is 2.88. The van der Waals surface area contributed by atoms with Gasteiger partial charge < -0.3 is 15.0 Å². The van der Waals surface area contributed by atoms with Gasteiger partial charge in [-0.15, -0.1) is 11.3 Å². The highest BCUT2D eigenvalue weighted by atomic mass is 32.1. The Labute approximate surface area is 184 Å². The number of thiophene rings is 1. The van der Waals surface area contributed by atoms with E-state index in [-0.39, 0.29) is 18.0 Å². The van der Waals surface area contributed by atoms with Gasteiger partial charge in [0.1, 0.15) is 11.4 Å². The molecule has 1 fully saturated rings. The molecule has 0 spiro atoms. The molecular formula is C23H26N4O3S. The van der Waals surface area contributed by atoms with Crippen LogP contribution in [-0.2, 0) is 28.9 Å². The van der Waals surface area contributed by atoms with Crippen molar-refractivity contribution in [3.63, 3.8) is 0 Å². The van der Waals surface area contributed by atoms with Gasteiger partial charge in [0, 0.05) is 29.3 Å². The quantitative estimate of drug-likeness (QED) is 0.633. The van der Waals surface area contributed by atoms with E-state index in [9.17, 15) is 9.59 Å². The van der Waals surface area contributed by atoms with Crippen molar-refractivity contribution in [3.05, 3.63) is 51.4 Å². The Kier molecular flexibility index (Phi) is 5.74. The van der Waals surface area contributed by atoms with E-state index < -0.39 is 0 Å². The third-order valence-corrected chi connectivity index (χ3v) is 7.23. The number of carbonyl (C=O) groups is 1. The highest BCUT2D eigenvalue weighted by Gasteiger charge is 2.20. The number of nitrogens with zero attached hydrogens (tertiary/aromatic N) is 3. The first kappa shape index (κ1) is 20.2. The monoisotopic (exact) mass is 438 g/mol. The Morgan fingerprint density at radius 3 is 2.68 bits per heavy atom. The smallest absolute Gasteiger partial charge is 0.262 e. The van der Waals surface area contributed by atoms with Crippen LogP contribution in [0, 0.1) is 0 Å². The lowest BCUT2D eigenvalue weighted by Gasteiger charge is -2.28. The standard InChI is InChI=1S/C23H26N4O3S/c28-20(25-16-6-8-17(9-7-16)26-10-12-30-13-11-26)14-27-15-24-22-21(23(27)29)18-4-2-1-3-5-19(18)31-22/h6-9,15H,1-5,10-14H2,(H,25,28). The van der Waals surface area contributed by atoms with E-state index in [0.29, 0.717) is 11.1 Å². The Bertz CT molecular complexity index is 1150. The molecule has 31 heavy (non-hydrogen) atoms. The van der Waals surface area contributed by atoms with Crippen LogP contribution < -0.4 is 15.8 Å². The maximum absolute atomic E-state index is 13.1. The van der Waals surface area contributed by atoms with E-state index in [4.69, 9.17) is 4.74 Å². The van der Waals surface area contributed by atoms with E-state index in [1.807, 2.05) is 24.3 Å². The van der Waals surface area contributed by atoms with Crippen LogP contribution in [0.25, 0.3) is 10.2 Å². The molecule has 0 bridgehead atoms. The molecule has 162 valence electrons. The van der Waals surface area contributed by atoms with Gasteiger partial charge in [-0.3, -0.25) is 14.2 Å². The number of amides is 1. The molecule has 2 aromatic heterocycles. The zero-order valence-corrected chi connectivity index (χ0v) is 18.2. The fraction of sp³-hybridized carbons (Fsp3) is 0.435. The molecule has 7 nitrogen and oxygen atoms in total. The summed E-state index contributed by atoms with van der Waals surface area (Å²) >= 11 is 1.63. The van der Waals surface area contributed by atoms with Crippen molar-refractivity contribution in [1.29, 1.82) is 0 Å². The van der Waals surface area contributed by atoms with Crippen molar-refractivity contribution in [3.8, 4) is 0 Å². The molecule has 1 aliphatic carbocycles. The van der Waals surface area contributed by atoms with Crippen molar-refractivity contribution in [2.75, 3.05) is 36.5 Å². The number of morpholine rings is 1. The van der Waals surface area contributed by atoms with Gasteiger partial charge >= 0.3 is 0 Å². The number of aryl methyl sites for hydroxylation is 2. The number of benzene rings is 1. The van der Waals surface area contributed by atoms with Gasteiger partial charge in [-0.05, 0) is 55.5 Å². The van der Waals surface area contributed by atoms with Crippen LogP contribution in [0.5, 0.6) is 0 Å². The van der Waals surface area contributed by atoms with Crippen LogP contribution in [0.4, 0.5) is 11.4 Å². The van der Waals surface area contributed by atoms with E-state index >= 15 is 0 Å². The third kappa shape index (κ3) is 4.22. The summed E-state index contributed by atoms with van der Waals surface area (Å²) in [5, 5.41) is 3.61. The minimum atomic E-state index is -0.233. The molecule has 0 radical (unpaired) electrons. The van der Waals surface area contributed by atoms with Crippen molar-refractivity contribution in [2.24, 2.45) is 0 Å². The first-order chi connectivity index (χ1) is 15.2. The van der Waals surface area contributed by atoms with Gasteiger partial charge in [0.25, 0.3) is 5.56 Å². The Morgan fingerprint density at radius 2 is 1.87 bits per heavy atom. The number of hydrogen-bond acceptors (Lipinski definition) is 6. The van der Waals surface area contributed by atoms with Crippen LogP contribution in [0.15, 0.2) is 35.4 Å². The highest BCUT2D eigenvalue weighted by Crippen LogP contribution is 2.32. The summed E-state index contributed by atoms with van der Waals surface area (Å²) in [6, 6.07) is 7.79. The van der Waals surface area contributed by atoms with Crippen LogP contribution in [0.3, 0.4) is 0 Å². The Hall–Kier alpha value is -2.71. The zero-order valence-electron chi connectivity index (χ0n) is 17.4. The predicted octanol–water partition coefficient (Wildman–Crippen LogP) is 3.20. The predicted molar refractivity (Wildman–Crippen MR) is 123 cm³/mol. The minimum absolute atomic E-state index is 0.0440. The van der Waals surface area contributed by atoms with Crippen molar-refractivity contribution in [2.45, 2.75) is 38.6 Å². The van der Waals surface area contributed by atoms with Gasteiger partial charge in [0.15, 0.2) is 0 Å². The molecule has 1 aliphatic heterocycles. The van der Waals surface area contributed by atoms with Crippen LogP contribution in [0.1, 0.15) is 29.7 Å². The molecule has 1 saturated heterocycles. The van der Waals surface area contributed by atoms with Gasteiger partial charge in [-0.2, -0.15) is 0 Å². The third-order valence-electron chi connectivity index (χ3n) is 6.03. The number of aromatic nitrogens is 2. The highest BCUT2D eigenvalue weighted by molar-refractivity contribution is 7.18. The SMILES string of the molecule is O=C(Cn1cnc2sc3c(c2c1=O)CCCCC3)Nc1ccc(N2CCOCC2)cc1. The maximum Gasteiger partial charge on any atom is 0.262 e. The van der Waals surface area contributed by atoms with Gasteiger partial charge in [-0.1, -0.05) is 6.42 Å². The average Bonchev–Trinajstić information content (AvgIpc) is 2.99. The molecular weight excluding hydrogens is 412 g/mol. The lowest BCUT2D eigenvalue weighted by Crippen LogP contribution is -2.36. The molecule has 5 rings (SSSR count). The first-order valence-corrected chi connectivity index (χ1v) is 11.7.